The van der Waals surface area contributed by atoms with E-state index in [0.29, 0.717) is 19.8 Å². The Balaban J connectivity index is 0.637. The van der Waals surface area contributed by atoms with Gasteiger partial charge in [0, 0.05) is 36.1 Å². The Morgan fingerprint density at radius 2 is 0.489 bits per heavy atom. The zero-order chi connectivity index (χ0) is 60.4. The van der Waals surface area contributed by atoms with Crippen LogP contribution in [0.3, 0.4) is 0 Å². The van der Waals surface area contributed by atoms with E-state index in [0.717, 1.165) is 90.3 Å². The summed E-state index contributed by atoms with van der Waals surface area (Å²) in [6.07, 6.45) is 25.3. The Bertz CT molecular complexity index is 3310. The molecular formula is C84H96O6. The highest BCUT2D eigenvalue weighted by Gasteiger charge is 2.57. The fraction of sp³-hybridized carbons (Fsp3) is 0.500. The average molecular weight is 1200 g/mol. The van der Waals surface area contributed by atoms with Crippen LogP contribution in [0.15, 0.2) is 164 Å². The van der Waals surface area contributed by atoms with Gasteiger partial charge in [-0.3, -0.25) is 0 Å². The number of benzene rings is 7. The monoisotopic (exact) mass is 1200 g/mol. The Kier molecular flexibility index (Phi) is 16.2. The van der Waals surface area contributed by atoms with Crippen LogP contribution >= 0.6 is 0 Å². The Labute approximate surface area is 537 Å². The highest BCUT2D eigenvalue weighted by molar-refractivity contribution is 5.95. The highest BCUT2D eigenvalue weighted by Crippen LogP contribution is 2.64. The summed E-state index contributed by atoms with van der Waals surface area (Å²) in [4.78, 5) is 0. The minimum absolute atomic E-state index is 0.156. The van der Waals surface area contributed by atoms with E-state index in [2.05, 4.69) is 185 Å². The van der Waals surface area contributed by atoms with E-state index in [1.165, 1.54) is 182 Å². The van der Waals surface area contributed by atoms with Gasteiger partial charge >= 0.3 is 0 Å². The van der Waals surface area contributed by atoms with Gasteiger partial charge in [0.2, 0.25) is 0 Å². The number of hydrogen-bond donors (Lipinski definition) is 0. The Morgan fingerprint density at radius 1 is 0.278 bits per heavy atom. The lowest BCUT2D eigenvalue weighted by atomic mass is 9.48. The molecule has 7 aromatic rings. The normalized spacial score (nSPS) is 30.8. The van der Waals surface area contributed by atoms with Gasteiger partial charge in [0.1, 0.15) is 37.1 Å². The summed E-state index contributed by atoms with van der Waals surface area (Å²) in [5.41, 5.74) is 15.1. The maximum absolute atomic E-state index is 6.63. The van der Waals surface area contributed by atoms with Crippen LogP contribution in [0, 0.1) is 69.5 Å². The van der Waals surface area contributed by atoms with Gasteiger partial charge in [-0.05, 0) is 293 Å². The molecule has 3 atom stereocenters. The molecule has 0 amide bonds. The maximum Gasteiger partial charge on any atom is 0.119 e. The van der Waals surface area contributed by atoms with Crippen LogP contribution in [0.2, 0.25) is 0 Å². The summed E-state index contributed by atoms with van der Waals surface area (Å²) in [6, 6.07) is 60.6. The van der Waals surface area contributed by atoms with Crippen LogP contribution in [-0.2, 0) is 14.2 Å². The summed E-state index contributed by atoms with van der Waals surface area (Å²) in [5.74, 6) is 10.7. The van der Waals surface area contributed by atoms with Crippen molar-refractivity contribution in [2.24, 2.45) is 69.5 Å². The molecule has 0 aliphatic heterocycles. The summed E-state index contributed by atoms with van der Waals surface area (Å²) in [7, 11) is 0. The lowest BCUT2D eigenvalue weighted by Crippen LogP contribution is -2.54. The molecule has 6 nitrogen and oxygen atoms in total. The van der Waals surface area contributed by atoms with Crippen LogP contribution in [0.4, 0.5) is 0 Å². The standard InChI is InChI=1S/C84H96O6/c1-4-85-78(82-43-55-34-56(44-82)36-57(35-55)45-82)52-88-73-28-22-67(23-29-73)64-10-16-70(17-11-64)76-8-7-9-77(71-18-12-65(13-19-71)68-24-30-74(31-25-68)89-53-79(86-5-2)83-46-58-37-59(47-83)39-60(38-58)48-83)81(76)72-20-14-66(15-21-72)69-26-32-75(33-27-69)90-54-80(87-6-3)84-49-61-40-62(50-84)42-63(41-61)51-84/h7-33,55-63,78-80H,4-6,34-54H2,1-3H3. The van der Waals surface area contributed by atoms with Crippen LogP contribution in [0.25, 0.3) is 66.8 Å². The molecular weight excluding hydrogens is 1100 g/mol. The molecule has 90 heavy (non-hydrogen) atoms. The van der Waals surface area contributed by atoms with Crippen LogP contribution in [-0.4, -0.2) is 58.0 Å². The predicted molar refractivity (Wildman–Crippen MR) is 364 cm³/mol. The summed E-state index contributed by atoms with van der Waals surface area (Å²) >= 11 is 0. The maximum atomic E-state index is 6.63. The molecule has 12 fully saturated rings. The number of ether oxygens (including phenoxy) is 6. The molecule has 3 unspecified atom stereocenters. The molecule has 12 aliphatic rings. The lowest BCUT2D eigenvalue weighted by Gasteiger charge is -2.59. The fourth-order valence-electron chi connectivity index (χ4n) is 22.1. The third-order valence-electron chi connectivity index (χ3n) is 24.8. The van der Waals surface area contributed by atoms with Crippen LogP contribution < -0.4 is 14.2 Å². The Hall–Kier alpha value is -6.18. The van der Waals surface area contributed by atoms with Gasteiger partial charge in [-0.1, -0.05) is 127 Å². The van der Waals surface area contributed by atoms with Gasteiger partial charge in [0.25, 0.3) is 0 Å². The third-order valence-corrected chi connectivity index (χ3v) is 24.8. The van der Waals surface area contributed by atoms with Gasteiger partial charge in [-0.25, -0.2) is 0 Å². The first kappa shape index (κ1) is 58.9. The molecule has 468 valence electrons. The first-order chi connectivity index (χ1) is 44.1. The number of rotatable bonds is 24. The average Bonchev–Trinajstić information content (AvgIpc) is 0.791. The quantitative estimate of drug-likeness (QED) is 0.0601. The van der Waals surface area contributed by atoms with E-state index < -0.39 is 0 Å². The molecule has 0 radical (unpaired) electrons. The van der Waals surface area contributed by atoms with Crippen molar-refractivity contribution in [2.75, 3.05) is 39.6 Å². The topological polar surface area (TPSA) is 55.4 Å². The lowest BCUT2D eigenvalue weighted by molar-refractivity contribution is -0.150. The van der Waals surface area contributed by atoms with Gasteiger partial charge in [0.15, 0.2) is 0 Å². The second kappa shape index (κ2) is 24.7. The van der Waals surface area contributed by atoms with Crippen LogP contribution in [0.1, 0.15) is 136 Å². The Morgan fingerprint density at radius 3 is 0.722 bits per heavy atom. The molecule has 0 heterocycles. The largest absolute Gasteiger partial charge is 0.491 e. The molecule has 0 spiro atoms. The SMILES string of the molecule is CCOC(COc1ccc(-c2ccc(-c3cccc(-c4ccc(-c5ccc(OCC(OCC)C67CC8CC(CC(C8)C6)C7)cc5)cc4)c3-c3ccc(-c4ccc(OCC(OCC)C56CC7CC(CC(C7)C5)C6)cc4)cc3)cc2)cc1)C12CC3CC(CC(C3)C1)C2. The molecule has 12 bridgehead atoms. The third kappa shape index (κ3) is 11.6. The van der Waals surface area contributed by atoms with Gasteiger partial charge in [-0.15, -0.1) is 0 Å². The molecule has 12 saturated carbocycles. The van der Waals surface area contributed by atoms with Crippen molar-refractivity contribution in [2.45, 2.75) is 155 Å². The van der Waals surface area contributed by atoms with Crippen LogP contribution in [0.5, 0.6) is 17.2 Å². The van der Waals surface area contributed by atoms with Gasteiger partial charge < -0.3 is 28.4 Å². The second-order valence-electron chi connectivity index (χ2n) is 30.6. The zero-order valence-corrected chi connectivity index (χ0v) is 53.9. The second-order valence-corrected chi connectivity index (χ2v) is 30.6. The molecule has 0 N–H and O–H groups in total. The van der Waals surface area contributed by atoms with E-state index in [-0.39, 0.29) is 34.6 Å². The summed E-state index contributed by atoms with van der Waals surface area (Å²) in [6.45, 7) is 10.5. The molecule has 7 aromatic carbocycles. The van der Waals surface area contributed by atoms with Gasteiger partial charge in [-0.2, -0.15) is 0 Å². The molecule has 19 rings (SSSR count). The number of hydrogen-bond acceptors (Lipinski definition) is 6. The summed E-state index contributed by atoms with van der Waals surface area (Å²) in [5, 5.41) is 0. The van der Waals surface area contributed by atoms with Crippen molar-refractivity contribution in [3.8, 4) is 84.0 Å². The first-order valence-electron chi connectivity index (χ1n) is 35.6. The highest BCUT2D eigenvalue weighted by atomic mass is 16.5. The first-order valence-corrected chi connectivity index (χ1v) is 35.6. The van der Waals surface area contributed by atoms with Crippen molar-refractivity contribution in [1.82, 2.24) is 0 Å². The fourth-order valence-corrected chi connectivity index (χ4v) is 22.1. The molecule has 0 aromatic heterocycles. The van der Waals surface area contributed by atoms with Crippen molar-refractivity contribution in [3.05, 3.63) is 164 Å². The van der Waals surface area contributed by atoms with E-state index >= 15 is 0 Å². The van der Waals surface area contributed by atoms with Crippen molar-refractivity contribution < 1.29 is 28.4 Å². The molecule has 12 aliphatic carbocycles. The van der Waals surface area contributed by atoms with Crippen molar-refractivity contribution in [1.29, 1.82) is 0 Å². The van der Waals surface area contributed by atoms with E-state index in [1.807, 2.05) is 0 Å². The smallest absolute Gasteiger partial charge is 0.119 e. The summed E-state index contributed by atoms with van der Waals surface area (Å²) < 4.78 is 39.5. The van der Waals surface area contributed by atoms with Crippen molar-refractivity contribution >= 4 is 0 Å². The minimum Gasteiger partial charge on any atom is -0.491 e. The minimum atomic E-state index is 0.156. The molecule has 0 saturated heterocycles. The predicted octanol–water partition coefficient (Wildman–Crippen LogP) is 20.7. The van der Waals surface area contributed by atoms with E-state index in [4.69, 9.17) is 28.4 Å². The van der Waals surface area contributed by atoms with E-state index in [9.17, 15) is 0 Å². The van der Waals surface area contributed by atoms with Crippen molar-refractivity contribution in [3.63, 3.8) is 0 Å². The zero-order valence-electron chi connectivity index (χ0n) is 53.9. The van der Waals surface area contributed by atoms with Gasteiger partial charge in [0.05, 0.1) is 18.3 Å². The van der Waals surface area contributed by atoms with E-state index in [1.54, 1.807) is 0 Å². The molecule has 6 heteroatoms.